The van der Waals surface area contributed by atoms with Crippen LogP contribution in [0.15, 0.2) is 35.0 Å². The Morgan fingerprint density at radius 1 is 1.39 bits per heavy atom. The molecule has 0 aliphatic carbocycles. The van der Waals surface area contributed by atoms with Gasteiger partial charge in [0.1, 0.15) is 0 Å². The largest absolute Gasteiger partial charge is 0.398 e. The SMILES string of the molecule is Cc1ccc(C(=O)NC(C)c2ccsc2)c(N)c1. The molecule has 3 nitrogen and oxygen atoms in total. The molecule has 18 heavy (non-hydrogen) atoms. The van der Waals surface area contributed by atoms with Crippen LogP contribution in [-0.4, -0.2) is 5.91 Å². The molecule has 0 aliphatic heterocycles. The average Bonchev–Trinajstić information content (AvgIpc) is 2.81. The fraction of sp³-hybridized carbons (Fsp3) is 0.214. The van der Waals surface area contributed by atoms with Gasteiger partial charge in [-0.3, -0.25) is 4.79 Å². The monoisotopic (exact) mass is 260 g/mol. The van der Waals surface area contributed by atoms with Crippen LogP contribution in [0, 0.1) is 6.92 Å². The summed E-state index contributed by atoms with van der Waals surface area (Å²) < 4.78 is 0. The highest BCUT2D eigenvalue weighted by molar-refractivity contribution is 7.07. The van der Waals surface area contributed by atoms with E-state index in [1.54, 1.807) is 17.4 Å². The number of nitrogens with one attached hydrogen (secondary N) is 1. The minimum absolute atomic E-state index is 0.00977. The predicted molar refractivity (Wildman–Crippen MR) is 75.8 cm³/mol. The molecule has 0 radical (unpaired) electrons. The highest BCUT2D eigenvalue weighted by Gasteiger charge is 2.13. The zero-order valence-corrected chi connectivity index (χ0v) is 11.3. The van der Waals surface area contributed by atoms with E-state index in [0.29, 0.717) is 11.3 Å². The Morgan fingerprint density at radius 2 is 2.17 bits per heavy atom. The van der Waals surface area contributed by atoms with Crippen molar-refractivity contribution in [2.75, 3.05) is 5.73 Å². The fourth-order valence-corrected chi connectivity index (χ4v) is 2.52. The maximum Gasteiger partial charge on any atom is 0.253 e. The van der Waals surface area contributed by atoms with Crippen LogP contribution in [0.25, 0.3) is 0 Å². The molecule has 1 heterocycles. The number of nitrogen functional groups attached to an aromatic ring is 1. The quantitative estimate of drug-likeness (QED) is 0.833. The van der Waals surface area contributed by atoms with E-state index < -0.39 is 0 Å². The second kappa shape index (κ2) is 5.23. The van der Waals surface area contributed by atoms with Crippen LogP contribution in [0.2, 0.25) is 0 Å². The van der Waals surface area contributed by atoms with E-state index in [2.05, 4.69) is 5.32 Å². The maximum absolute atomic E-state index is 12.1. The van der Waals surface area contributed by atoms with Gasteiger partial charge in [-0.15, -0.1) is 0 Å². The third-order valence-corrected chi connectivity index (χ3v) is 3.54. The summed E-state index contributed by atoms with van der Waals surface area (Å²) in [4.78, 5) is 12.1. The Balaban J connectivity index is 2.12. The molecule has 0 aliphatic rings. The van der Waals surface area contributed by atoms with Crippen LogP contribution < -0.4 is 11.1 Å². The van der Waals surface area contributed by atoms with Crippen molar-refractivity contribution in [3.8, 4) is 0 Å². The van der Waals surface area contributed by atoms with Crippen LogP contribution in [0.4, 0.5) is 5.69 Å². The lowest BCUT2D eigenvalue weighted by Crippen LogP contribution is -2.27. The first kappa shape index (κ1) is 12.6. The van der Waals surface area contributed by atoms with Crippen LogP contribution in [-0.2, 0) is 0 Å². The number of thiophene rings is 1. The highest BCUT2D eigenvalue weighted by atomic mass is 32.1. The second-order valence-electron chi connectivity index (χ2n) is 4.34. The molecule has 2 rings (SSSR count). The molecule has 4 heteroatoms. The molecule has 1 atom stereocenters. The molecular formula is C14H16N2OS. The van der Waals surface area contributed by atoms with Crippen LogP contribution in [0.3, 0.4) is 0 Å². The van der Waals surface area contributed by atoms with Crippen LogP contribution >= 0.6 is 11.3 Å². The number of hydrogen-bond acceptors (Lipinski definition) is 3. The normalized spacial score (nSPS) is 12.1. The number of benzene rings is 1. The highest BCUT2D eigenvalue weighted by Crippen LogP contribution is 2.18. The van der Waals surface area contributed by atoms with E-state index in [1.165, 1.54) is 0 Å². The van der Waals surface area contributed by atoms with Crippen molar-refractivity contribution in [3.63, 3.8) is 0 Å². The summed E-state index contributed by atoms with van der Waals surface area (Å²) in [6.07, 6.45) is 0. The van der Waals surface area contributed by atoms with Crippen molar-refractivity contribution >= 4 is 22.9 Å². The zero-order valence-electron chi connectivity index (χ0n) is 10.4. The number of carbonyl (C=O) groups is 1. The summed E-state index contributed by atoms with van der Waals surface area (Å²) in [5, 5.41) is 6.98. The third-order valence-electron chi connectivity index (χ3n) is 2.84. The average molecular weight is 260 g/mol. The molecule has 0 fully saturated rings. The summed E-state index contributed by atoms with van der Waals surface area (Å²) >= 11 is 1.62. The number of hydrogen-bond donors (Lipinski definition) is 2. The molecule has 0 bridgehead atoms. The van der Waals surface area contributed by atoms with Gasteiger partial charge in [0.25, 0.3) is 5.91 Å². The van der Waals surface area contributed by atoms with Crippen LogP contribution in [0.5, 0.6) is 0 Å². The predicted octanol–water partition coefficient (Wildman–Crippen LogP) is 3.13. The van der Waals surface area contributed by atoms with Gasteiger partial charge < -0.3 is 11.1 Å². The Labute approximate surface area is 111 Å². The van der Waals surface area contributed by atoms with Gasteiger partial charge >= 0.3 is 0 Å². The van der Waals surface area contributed by atoms with Crippen molar-refractivity contribution in [3.05, 3.63) is 51.7 Å². The summed E-state index contributed by atoms with van der Waals surface area (Å²) in [5.41, 5.74) is 9.07. The van der Waals surface area contributed by atoms with E-state index >= 15 is 0 Å². The van der Waals surface area contributed by atoms with E-state index in [1.807, 2.05) is 42.8 Å². The molecule has 3 N–H and O–H groups in total. The molecular weight excluding hydrogens is 244 g/mol. The molecule has 0 saturated heterocycles. The topological polar surface area (TPSA) is 55.1 Å². The first-order valence-corrected chi connectivity index (χ1v) is 6.71. The number of carbonyl (C=O) groups excluding carboxylic acids is 1. The molecule has 1 unspecified atom stereocenters. The Kier molecular flexibility index (Phi) is 3.67. The molecule has 0 saturated carbocycles. The van der Waals surface area contributed by atoms with Crippen LogP contribution in [0.1, 0.15) is 34.5 Å². The Hall–Kier alpha value is -1.81. The Morgan fingerprint density at radius 3 is 2.78 bits per heavy atom. The van der Waals surface area contributed by atoms with Crippen molar-refractivity contribution in [2.45, 2.75) is 19.9 Å². The molecule has 94 valence electrons. The summed E-state index contributed by atoms with van der Waals surface area (Å²) in [7, 11) is 0. The van der Waals surface area contributed by atoms with Gasteiger partial charge in [0, 0.05) is 5.69 Å². The lowest BCUT2D eigenvalue weighted by atomic mass is 10.1. The van der Waals surface area contributed by atoms with Gasteiger partial charge in [-0.2, -0.15) is 11.3 Å². The van der Waals surface area contributed by atoms with Gasteiger partial charge in [0.2, 0.25) is 0 Å². The van der Waals surface area contributed by atoms with Gasteiger partial charge in [0.15, 0.2) is 0 Å². The van der Waals surface area contributed by atoms with Crippen molar-refractivity contribution in [1.82, 2.24) is 5.32 Å². The lowest BCUT2D eigenvalue weighted by Gasteiger charge is -2.14. The van der Waals surface area contributed by atoms with Gasteiger partial charge in [-0.25, -0.2) is 0 Å². The molecule has 0 spiro atoms. The fourth-order valence-electron chi connectivity index (χ4n) is 1.77. The number of anilines is 1. The second-order valence-corrected chi connectivity index (χ2v) is 5.12. The zero-order chi connectivity index (χ0) is 13.1. The Bertz CT molecular complexity index is 549. The number of nitrogens with two attached hydrogens (primary N) is 1. The van der Waals surface area contributed by atoms with Crippen molar-refractivity contribution in [2.24, 2.45) is 0 Å². The minimum Gasteiger partial charge on any atom is -0.398 e. The number of amides is 1. The minimum atomic E-state index is -0.133. The smallest absolute Gasteiger partial charge is 0.253 e. The van der Waals surface area contributed by atoms with E-state index in [-0.39, 0.29) is 11.9 Å². The molecule has 1 aromatic heterocycles. The maximum atomic E-state index is 12.1. The standard InChI is InChI=1S/C14H16N2OS/c1-9-3-4-12(13(15)7-9)14(17)16-10(2)11-5-6-18-8-11/h3-8,10H,15H2,1-2H3,(H,16,17). The van der Waals surface area contributed by atoms with Crippen molar-refractivity contribution < 1.29 is 4.79 Å². The molecule has 1 aromatic carbocycles. The van der Waals surface area contributed by atoms with E-state index in [4.69, 9.17) is 5.73 Å². The third kappa shape index (κ3) is 2.71. The summed E-state index contributed by atoms with van der Waals surface area (Å²) in [6.45, 7) is 3.91. The van der Waals surface area contributed by atoms with Gasteiger partial charge in [-0.05, 0) is 53.9 Å². The first-order chi connectivity index (χ1) is 8.58. The van der Waals surface area contributed by atoms with Crippen molar-refractivity contribution in [1.29, 1.82) is 0 Å². The lowest BCUT2D eigenvalue weighted by molar-refractivity contribution is 0.0941. The number of rotatable bonds is 3. The van der Waals surface area contributed by atoms with Gasteiger partial charge in [-0.1, -0.05) is 6.07 Å². The summed E-state index contributed by atoms with van der Waals surface area (Å²) in [6, 6.07) is 7.46. The number of aryl methyl sites for hydroxylation is 1. The molecule has 1 amide bonds. The summed E-state index contributed by atoms with van der Waals surface area (Å²) in [5.74, 6) is -0.133. The molecule has 2 aromatic rings. The van der Waals surface area contributed by atoms with E-state index in [9.17, 15) is 4.79 Å². The van der Waals surface area contributed by atoms with Gasteiger partial charge in [0.05, 0.1) is 11.6 Å². The van der Waals surface area contributed by atoms with E-state index in [0.717, 1.165) is 11.1 Å². The first-order valence-electron chi connectivity index (χ1n) is 5.77.